The van der Waals surface area contributed by atoms with Gasteiger partial charge in [0, 0.05) is 5.75 Å². The Bertz CT molecular complexity index is 254. The van der Waals surface area contributed by atoms with Gasteiger partial charge in [0.1, 0.15) is 6.29 Å². The molecular formula is C10H16O5S. The van der Waals surface area contributed by atoms with Gasteiger partial charge in [0.2, 0.25) is 0 Å². The van der Waals surface area contributed by atoms with E-state index in [1.165, 1.54) is 18.9 Å². The highest BCUT2D eigenvalue weighted by molar-refractivity contribution is 8.00. The van der Waals surface area contributed by atoms with Gasteiger partial charge in [-0.1, -0.05) is 6.92 Å². The third-order valence-corrected chi connectivity index (χ3v) is 3.20. The van der Waals surface area contributed by atoms with Gasteiger partial charge in [0.15, 0.2) is 0 Å². The van der Waals surface area contributed by atoms with Gasteiger partial charge in [-0.05, 0) is 6.42 Å². The van der Waals surface area contributed by atoms with Crippen molar-refractivity contribution in [3.8, 4) is 0 Å². The second-order valence-electron chi connectivity index (χ2n) is 3.35. The number of hydrogen-bond donors (Lipinski definition) is 1. The molecule has 0 aromatic rings. The lowest BCUT2D eigenvalue weighted by atomic mass is 10.1. The highest BCUT2D eigenvalue weighted by Gasteiger charge is 2.18. The van der Waals surface area contributed by atoms with Gasteiger partial charge in [0.05, 0.1) is 24.7 Å². The van der Waals surface area contributed by atoms with Gasteiger partial charge in [-0.3, -0.25) is 9.59 Å². The Morgan fingerprint density at radius 2 is 2.12 bits per heavy atom. The first kappa shape index (κ1) is 15.0. The van der Waals surface area contributed by atoms with Crippen LogP contribution in [0, 0.1) is 5.92 Å². The Labute approximate surface area is 98.5 Å². The van der Waals surface area contributed by atoms with Crippen LogP contribution in [0.25, 0.3) is 0 Å². The van der Waals surface area contributed by atoms with Crippen molar-refractivity contribution in [3.05, 3.63) is 0 Å². The van der Waals surface area contributed by atoms with Crippen molar-refractivity contribution in [2.75, 3.05) is 12.9 Å². The molecule has 0 fully saturated rings. The number of thioether (sulfide) groups is 1. The summed E-state index contributed by atoms with van der Waals surface area (Å²) in [5, 5.41) is 8.30. The van der Waals surface area contributed by atoms with Crippen molar-refractivity contribution in [3.63, 3.8) is 0 Å². The minimum Gasteiger partial charge on any atom is -0.481 e. The summed E-state index contributed by atoms with van der Waals surface area (Å²) < 4.78 is 4.45. The minimum absolute atomic E-state index is 0.229. The molecule has 0 aromatic carbocycles. The van der Waals surface area contributed by atoms with Crippen molar-refractivity contribution in [2.24, 2.45) is 5.92 Å². The number of hydrogen-bond acceptors (Lipinski definition) is 5. The Balaban J connectivity index is 3.88. The van der Waals surface area contributed by atoms with Crippen LogP contribution >= 0.6 is 11.8 Å². The zero-order chi connectivity index (χ0) is 12.6. The summed E-state index contributed by atoms with van der Waals surface area (Å²) in [5.74, 6) is -1.34. The van der Waals surface area contributed by atoms with Crippen LogP contribution < -0.4 is 0 Å². The number of esters is 1. The van der Waals surface area contributed by atoms with E-state index >= 15 is 0 Å². The predicted molar refractivity (Wildman–Crippen MR) is 60.4 cm³/mol. The standard InChI is InChI=1S/C10H16O5S/c1-7(10(13)14)5-8(6-11)16-4-3-9(12)15-2/h6-8H,3-5H2,1-2H3,(H,13,14). The summed E-state index contributed by atoms with van der Waals surface area (Å²) in [6.07, 6.45) is 1.24. The smallest absolute Gasteiger partial charge is 0.306 e. The van der Waals surface area contributed by atoms with Gasteiger partial charge < -0.3 is 14.6 Å². The van der Waals surface area contributed by atoms with E-state index in [1.807, 2.05) is 0 Å². The fourth-order valence-corrected chi connectivity index (χ4v) is 2.10. The lowest BCUT2D eigenvalue weighted by Crippen LogP contribution is -2.18. The molecule has 92 valence electrons. The molecule has 2 unspecified atom stereocenters. The zero-order valence-corrected chi connectivity index (χ0v) is 10.2. The Morgan fingerprint density at radius 1 is 1.50 bits per heavy atom. The third-order valence-electron chi connectivity index (χ3n) is 2.02. The summed E-state index contributed by atoms with van der Waals surface area (Å²) in [7, 11) is 1.30. The predicted octanol–water partition coefficient (Wildman–Crippen LogP) is 0.961. The Kier molecular flexibility index (Phi) is 7.62. The average molecular weight is 248 g/mol. The minimum atomic E-state index is -0.916. The molecule has 0 rings (SSSR count). The molecule has 6 heteroatoms. The highest BCUT2D eigenvalue weighted by atomic mass is 32.2. The largest absolute Gasteiger partial charge is 0.481 e. The van der Waals surface area contributed by atoms with Gasteiger partial charge in [0.25, 0.3) is 0 Å². The van der Waals surface area contributed by atoms with Crippen molar-refractivity contribution in [1.29, 1.82) is 0 Å². The van der Waals surface area contributed by atoms with Crippen LogP contribution in [0.3, 0.4) is 0 Å². The number of aldehydes is 1. The SMILES string of the molecule is COC(=O)CCSC(C=O)CC(C)C(=O)O. The summed E-state index contributed by atoms with van der Waals surface area (Å²) in [4.78, 5) is 32.1. The van der Waals surface area contributed by atoms with Crippen molar-refractivity contribution in [1.82, 2.24) is 0 Å². The van der Waals surface area contributed by atoms with E-state index in [4.69, 9.17) is 5.11 Å². The van der Waals surface area contributed by atoms with E-state index in [9.17, 15) is 14.4 Å². The summed E-state index contributed by atoms with van der Waals surface area (Å²) in [6, 6.07) is 0. The molecule has 0 saturated carbocycles. The molecule has 16 heavy (non-hydrogen) atoms. The van der Waals surface area contributed by atoms with E-state index in [1.54, 1.807) is 6.92 Å². The fraction of sp³-hybridized carbons (Fsp3) is 0.700. The third kappa shape index (κ3) is 6.44. The molecule has 5 nitrogen and oxygen atoms in total. The molecule has 0 radical (unpaired) electrons. The van der Waals surface area contributed by atoms with Crippen molar-refractivity contribution in [2.45, 2.75) is 25.0 Å². The summed E-state index contributed by atoms with van der Waals surface area (Å²) >= 11 is 1.28. The first-order valence-electron chi connectivity index (χ1n) is 4.87. The topological polar surface area (TPSA) is 80.7 Å². The van der Waals surface area contributed by atoms with Crippen LogP contribution in [0.1, 0.15) is 19.8 Å². The molecule has 0 saturated heterocycles. The first-order chi connectivity index (χ1) is 7.51. The number of aliphatic carboxylic acids is 1. The molecule has 0 bridgehead atoms. The maximum Gasteiger partial charge on any atom is 0.306 e. The lowest BCUT2D eigenvalue weighted by molar-refractivity contribution is -0.141. The second kappa shape index (κ2) is 8.15. The number of methoxy groups -OCH3 is 1. The van der Waals surface area contributed by atoms with Crippen LogP contribution in [0.15, 0.2) is 0 Å². The molecule has 0 spiro atoms. The highest BCUT2D eigenvalue weighted by Crippen LogP contribution is 2.18. The molecule has 0 amide bonds. The average Bonchev–Trinajstić information content (AvgIpc) is 2.26. The second-order valence-corrected chi connectivity index (χ2v) is 4.69. The van der Waals surface area contributed by atoms with Crippen LogP contribution in [0.4, 0.5) is 0 Å². The number of carbonyl (C=O) groups excluding carboxylic acids is 2. The van der Waals surface area contributed by atoms with Gasteiger partial charge in [-0.25, -0.2) is 0 Å². The van der Waals surface area contributed by atoms with Gasteiger partial charge in [-0.15, -0.1) is 0 Å². The van der Waals surface area contributed by atoms with Crippen LogP contribution in [0.5, 0.6) is 0 Å². The maximum absolute atomic E-state index is 10.8. The summed E-state index contributed by atoms with van der Waals surface area (Å²) in [5.41, 5.74) is 0. The number of carboxylic acid groups (broad SMARTS) is 1. The van der Waals surface area contributed by atoms with Crippen LogP contribution in [0.2, 0.25) is 0 Å². The fourth-order valence-electron chi connectivity index (χ4n) is 1.01. The monoisotopic (exact) mass is 248 g/mol. The molecule has 0 aromatic heterocycles. The molecular weight excluding hydrogens is 232 g/mol. The number of carboxylic acids is 1. The van der Waals surface area contributed by atoms with E-state index in [-0.39, 0.29) is 24.1 Å². The molecule has 0 aliphatic rings. The van der Waals surface area contributed by atoms with E-state index in [0.29, 0.717) is 5.75 Å². The van der Waals surface area contributed by atoms with Gasteiger partial charge >= 0.3 is 11.9 Å². The molecule has 0 aliphatic carbocycles. The Hall–Kier alpha value is -1.04. The number of rotatable bonds is 8. The van der Waals surface area contributed by atoms with Gasteiger partial charge in [-0.2, -0.15) is 11.8 Å². The Morgan fingerprint density at radius 3 is 2.56 bits per heavy atom. The van der Waals surface area contributed by atoms with Crippen LogP contribution in [-0.4, -0.2) is 41.4 Å². The van der Waals surface area contributed by atoms with Crippen molar-refractivity contribution >= 4 is 30.0 Å². The lowest BCUT2D eigenvalue weighted by Gasteiger charge is -2.12. The van der Waals surface area contributed by atoms with Crippen LogP contribution in [-0.2, 0) is 19.1 Å². The molecule has 0 aliphatic heterocycles. The van der Waals surface area contributed by atoms with E-state index < -0.39 is 11.9 Å². The molecule has 2 atom stereocenters. The van der Waals surface area contributed by atoms with E-state index in [2.05, 4.69) is 4.74 Å². The molecule has 1 N–H and O–H groups in total. The normalized spacial score (nSPS) is 13.9. The van der Waals surface area contributed by atoms with E-state index in [0.717, 1.165) is 6.29 Å². The first-order valence-corrected chi connectivity index (χ1v) is 5.92. The number of carbonyl (C=O) groups is 3. The molecule has 0 heterocycles. The number of ether oxygens (including phenoxy) is 1. The maximum atomic E-state index is 10.8. The zero-order valence-electron chi connectivity index (χ0n) is 9.34. The quantitative estimate of drug-likeness (QED) is 0.509. The van der Waals surface area contributed by atoms with Crippen molar-refractivity contribution < 1.29 is 24.2 Å². The summed E-state index contributed by atoms with van der Waals surface area (Å²) in [6.45, 7) is 1.56.